The number of unbranched alkanes of at least 4 members (excludes halogenated alkanes) is 1. The third kappa shape index (κ3) is 8.21. The van der Waals surface area contributed by atoms with Crippen molar-refractivity contribution in [2.75, 3.05) is 0 Å². The number of ether oxygens (including phenoxy) is 2. The van der Waals surface area contributed by atoms with Crippen LogP contribution in [0.15, 0.2) is 48.5 Å². The molecular formula is C33H43N5O6. The molecule has 1 amide bonds. The minimum Gasteiger partial charge on any atom is -0.480 e. The fraction of sp³-hybridized carbons (Fsp3) is 0.515. The molecule has 1 fully saturated rings. The Morgan fingerprint density at radius 3 is 2.34 bits per heavy atom. The summed E-state index contributed by atoms with van der Waals surface area (Å²) in [6.07, 6.45) is 5.95. The Bertz CT molecular complexity index is 1410. The van der Waals surface area contributed by atoms with Crippen LogP contribution < -0.4 is 0 Å². The van der Waals surface area contributed by atoms with Crippen LogP contribution in [0.1, 0.15) is 84.6 Å². The average Bonchev–Trinajstić information content (AvgIpc) is 3.47. The van der Waals surface area contributed by atoms with E-state index >= 15 is 0 Å². The fourth-order valence-corrected chi connectivity index (χ4v) is 5.74. The van der Waals surface area contributed by atoms with E-state index in [-0.39, 0.29) is 25.1 Å². The molecule has 1 saturated carbocycles. The van der Waals surface area contributed by atoms with E-state index < -0.39 is 23.8 Å². The van der Waals surface area contributed by atoms with Gasteiger partial charge in [-0.05, 0) is 72.1 Å². The number of carbonyl (C=O) groups excluding carboxylic acids is 2. The smallest absolute Gasteiger partial charge is 0.480 e. The number of nitrogens with zero attached hydrogens (tertiary/aromatic N) is 5. The highest BCUT2D eigenvalue weighted by Crippen LogP contribution is 2.33. The number of carbonyl (C=O) groups is 3. The normalized spacial score (nSPS) is 15.0. The van der Waals surface area contributed by atoms with E-state index in [4.69, 9.17) is 9.47 Å². The molecule has 236 valence electrons. The highest BCUT2D eigenvalue weighted by molar-refractivity contribution is 5.84. The molecule has 1 heterocycles. The minimum absolute atomic E-state index is 0.159. The van der Waals surface area contributed by atoms with Gasteiger partial charge in [-0.2, -0.15) is 4.68 Å². The molecule has 0 radical (unpaired) electrons. The van der Waals surface area contributed by atoms with Crippen LogP contribution in [-0.2, 0) is 32.3 Å². The molecule has 0 aliphatic heterocycles. The summed E-state index contributed by atoms with van der Waals surface area (Å²) >= 11 is 0. The topological polar surface area (TPSA) is 137 Å². The number of aromatic nitrogens is 4. The van der Waals surface area contributed by atoms with Crippen molar-refractivity contribution < 1.29 is 29.0 Å². The van der Waals surface area contributed by atoms with Gasteiger partial charge in [0.1, 0.15) is 11.6 Å². The lowest BCUT2D eigenvalue weighted by molar-refractivity contribution is -0.153. The van der Waals surface area contributed by atoms with Crippen LogP contribution in [0, 0.1) is 5.92 Å². The number of amides is 1. The number of rotatable bonds is 13. The minimum atomic E-state index is -1.01. The van der Waals surface area contributed by atoms with E-state index in [0.717, 1.165) is 60.8 Å². The summed E-state index contributed by atoms with van der Waals surface area (Å²) in [5, 5.41) is 22.0. The van der Waals surface area contributed by atoms with Gasteiger partial charge in [0.05, 0.1) is 0 Å². The summed E-state index contributed by atoms with van der Waals surface area (Å²) in [7, 11) is 0. The van der Waals surface area contributed by atoms with Crippen LogP contribution in [0.2, 0.25) is 0 Å². The Labute approximate surface area is 258 Å². The SMILES string of the molecule is CCCCC(=O)N(Cc1ccc(-c2ccccc2-c2nnnn2COC(=O)OC2(C)CCCCC2)cc1)[C@H](C(=O)O)C(C)C. The molecule has 4 rings (SSSR count). The number of hydrogen-bond acceptors (Lipinski definition) is 8. The van der Waals surface area contributed by atoms with Gasteiger partial charge in [0.25, 0.3) is 0 Å². The van der Waals surface area contributed by atoms with Gasteiger partial charge < -0.3 is 19.5 Å². The Hall–Kier alpha value is -4.28. The van der Waals surface area contributed by atoms with Crippen molar-refractivity contribution in [2.45, 2.75) is 104 Å². The van der Waals surface area contributed by atoms with Gasteiger partial charge in [-0.3, -0.25) is 4.79 Å². The second kappa shape index (κ2) is 14.9. The largest absolute Gasteiger partial charge is 0.510 e. The van der Waals surface area contributed by atoms with Crippen molar-refractivity contribution in [3.63, 3.8) is 0 Å². The van der Waals surface area contributed by atoms with Crippen LogP contribution in [0.3, 0.4) is 0 Å². The number of aliphatic carboxylic acids is 1. The van der Waals surface area contributed by atoms with E-state index in [1.807, 2.05) is 76.2 Å². The van der Waals surface area contributed by atoms with Crippen LogP contribution in [0.5, 0.6) is 0 Å². The second-order valence-corrected chi connectivity index (χ2v) is 12.0. The zero-order valence-electron chi connectivity index (χ0n) is 26.1. The lowest BCUT2D eigenvalue weighted by atomic mass is 9.86. The molecule has 3 aromatic rings. The molecule has 11 nitrogen and oxygen atoms in total. The molecule has 0 saturated heterocycles. The first-order valence-electron chi connectivity index (χ1n) is 15.4. The van der Waals surface area contributed by atoms with Crippen molar-refractivity contribution >= 4 is 18.0 Å². The number of carboxylic acid groups (broad SMARTS) is 1. The lowest BCUT2D eigenvalue weighted by Crippen LogP contribution is -2.47. The number of tetrazole rings is 1. The monoisotopic (exact) mass is 605 g/mol. The molecule has 0 unspecified atom stereocenters. The molecule has 1 aromatic heterocycles. The van der Waals surface area contributed by atoms with Crippen LogP contribution in [-0.4, -0.2) is 59.9 Å². The van der Waals surface area contributed by atoms with E-state index in [1.54, 1.807) is 0 Å². The summed E-state index contributed by atoms with van der Waals surface area (Å²) in [6, 6.07) is 14.4. The zero-order chi connectivity index (χ0) is 31.7. The number of benzene rings is 2. The Morgan fingerprint density at radius 2 is 1.70 bits per heavy atom. The first-order valence-corrected chi connectivity index (χ1v) is 15.4. The standard InChI is InChI=1S/C33H43N5O6/c1-5-6-14-28(39)37(29(23(2)3)31(40)41)21-24-15-17-25(18-16-24)26-12-8-9-13-27(26)30-34-35-36-38(30)22-43-32(42)44-33(4)19-10-7-11-20-33/h8-9,12-13,15-18,23,29H,5-7,10-11,14,19-22H2,1-4H3,(H,40,41)/t29-/m0/s1. The van der Waals surface area contributed by atoms with Gasteiger partial charge in [-0.1, -0.05) is 82.1 Å². The maximum absolute atomic E-state index is 13.1. The molecule has 2 aromatic carbocycles. The van der Waals surface area contributed by atoms with Crippen LogP contribution in [0.25, 0.3) is 22.5 Å². The first-order chi connectivity index (χ1) is 21.1. The van der Waals surface area contributed by atoms with Crippen molar-refractivity contribution in [1.29, 1.82) is 0 Å². The summed E-state index contributed by atoms with van der Waals surface area (Å²) in [6.45, 7) is 7.57. The summed E-state index contributed by atoms with van der Waals surface area (Å²) < 4.78 is 12.4. The van der Waals surface area contributed by atoms with E-state index in [2.05, 4.69) is 15.5 Å². The van der Waals surface area contributed by atoms with Crippen molar-refractivity contribution in [3.8, 4) is 22.5 Å². The van der Waals surface area contributed by atoms with E-state index in [0.29, 0.717) is 18.7 Å². The highest BCUT2D eigenvalue weighted by Gasteiger charge is 2.33. The maximum Gasteiger partial charge on any atom is 0.510 e. The summed E-state index contributed by atoms with van der Waals surface area (Å²) in [5.41, 5.74) is 2.79. The predicted octanol–water partition coefficient (Wildman–Crippen LogP) is 6.47. The highest BCUT2D eigenvalue weighted by atomic mass is 16.7. The number of carboxylic acids is 1. The molecule has 0 bridgehead atoms. The molecule has 0 spiro atoms. The van der Waals surface area contributed by atoms with E-state index in [1.165, 1.54) is 9.58 Å². The third-order valence-corrected chi connectivity index (χ3v) is 8.15. The summed E-state index contributed by atoms with van der Waals surface area (Å²) in [5.74, 6) is -0.978. The van der Waals surface area contributed by atoms with Gasteiger partial charge in [-0.25, -0.2) is 9.59 Å². The molecular weight excluding hydrogens is 562 g/mol. The van der Waals surface area contributed by atoms with Gasteiger partial charge in [0, 0.05) is 18.5 Å². The Balaban J connectivity index is 1.51. The van der Waals surface area contributed by atoms with Gasteiger partial charge >= 0.3 is 12.1 Å². The maximum atomic E-state index is 13.1. The quantitative estimate of drug-likeness (QED) is 0.217. The predicted molar refractivity (Wildman–Crippen MR) is 164 cm³/mol. The second-order valence-electron chi connectivity index (χ2n) is 12.0. The van der Waals surface area contributed by atoms with Gasteiger partial charge in [0.2, 0.25) is 5.91 Å². The first kappa shape index (κ1) is 32.6. The molecule has 1 atom stereocenters. The Morgan fingerprint density at radius 1 is 1.02 bits per heavy atom. The average molecular weight is 606 g/mol. The van der Waals surface area contributed by atoms with Crippen LogP contribution in [0.4, 0.5) is 4.79 Å². The van der Waals surface area contributed by atoms with Crippen molar-refractivity contribution in [1.82, 2.24) is 25.1 Å². The molecule has 1 aliphatic carbocycles. The fourth-order valence-electron chi connectivity index (χ4n) is 5.74. The number of hydrogen-bond donors (Lipinski definition) is 1. The lowest BCUT2D eigenvalue weighted by Gasteiger charge is -2.32. The Kier molecular flexibility index (Phi) is 11.1. The molecule has 44 heavy (non-hydrogen) atoms. The van der Waals surface area contributed by atoms with Crippen LogP contribution >= 0.6 is 0 Å². The summed E-state index contributed by atoms with van der Waals surface area (Å²) in [4.78, 5) is 39.1. The van der Waals surface area contributed by atoms with Gasteiger partial charge in [0.15, 0.2) is 12.6 Å². The molecule has 1 N–H and O–H groups in total. The van der Waals surface area contributed by atoms with E-state index in [9.17, 15) is 19.5 Å². The zero-order valence-corrected chi connectivity index (χ0v) is 26.1. The molecule has 1 aliphatic rings. The molecule has 11 heteroatoms. The third-order valence-electron chi connectivity index (χ3n) is 8.15. The van der Waals surface area contributed by atoms with Gasteiger partial charge in [-0.15, -0.1) is 5.10 Å². The van der Waals surface area contributed by atoms with Crippen molar-refractivity contribution in [3.05, 3.63) is 54.1 Å². The van der Waals surface area contributed by atoms with Crippen molar-refractivity contribution in [2.24, 2.45) is 5.92 Å².